The molecular formula is C24H25F3N2O4. The van der Waals surface area contributed by atoms with E-state index in [2.05, 4.69) is 0 Å². The number of esters is 2. The number of halogens is 3. The standard InChI is InChI=1S/C24H25F3N2O4/c25-24(26,27)18-6-4-16(5-7-18)23(31)33-20-9-1-15(2-10-20)3-12-22(30)32-14-17-13-19(28)8-11-21(17)29/h1-3,8-13,16,18H,4-7,14,28-29H2/b12-3+. The van der Waals surface area contributed by atoms with Gasteiger partial charge in [-0.25, -0.2) is 4.79 Å². The number of nitrogen functional groups attached to an aromatic ring is 2. The second-order valence-electron chi connectivity index (χ2n) is 7.98. The van der Waals surface area contributed by atoms with Gasteiger partial charge in [0.05, 0.1) is 11.8 Å². The van der Waals surface area contributed by atoms with Crippen LogP contribution in [-0.2, 0) is 20.9 Å². The second-order valence-corrected chi connectivity index (χ2v) is 7.98. The Morgan fingerprint density at radius 1 is 1.00 bits per heavy atom. The molecule has 1 aliphatic rings. The number of ether oxygens (including phenoxy) is 2. The fourth-order valence-corrected chi connectivity index (χ4v) is 3.61. The first kappa shape index (κ1) is 24.2. The summed E-state index contributed by atoms with van der Waals surface area (Å²) in [6, 6.07) is 11.3. The van der Waals surface area contributed by atoms with E-state index in [9.17, 15) is 22.8 Å². The van der Waals surface area contributed by atoms with Crippen LogP contribution in [-0.4, -0.2) is 18.1 Å². The Bertz CT molecular complexity index is 1010. The molecule has 0 heterocycles. The van der Waals surface area contributed by atoms with E-state index in [4.69, 9.17) is 20.9 Å². The highest BCUT2D eigenvalue weighted by Crippen LogP contribution is 2.39. The number of benzene rings is 2. The molecule has 1 aliphatic carbocycles. The first-order valence-electron chi connectivity index (χ1n) is 10.5. The normalized spacial score (nSPS) is 18.8. The Labute approximate surface area is 189 Å². The molecule has 0 unspecified atom stereocenters. The van der Waals surface area contributed by atoms with E-state index in [1.54, 1.807) is 42.5 Å². The van der Waals surface area contributed by atoms with Gasteiger partial charge in [-0.3, -0.25) is 4.79 Å². The molecule has 6 nitrogen and oxygen atoms in total. The van der Waals surface area contributed by atoms with E-state index < -0.39 is 30.0 Å². The van der Waals surface area contributed by atoms with Crippen molar-refractivity contribution in [2.45, 2.75) is 38.5 Å². The third-order valence-electron chi connectivity index (χ3n) is 5.57. The number of hydrogen-bond donors (Lipinski definition) is 2. The quantitative estimate of drug-likeness (QED) is 0.274. The second kappa shape index (κ2) is 10.4. The van der Waals surface area contributed by atoms with Gasteiger partial charge in [0.1, 0.15) is 12.4 Å². The monoisotopic (exact) mass is 462 g/mol. The SMILES string of the molecule is Nc1ccc(N)c(COC(=O)/C=C/c2ccc(OC(=O)C3CCC(C(F)(F)F)CC3)cc2)c1. The van der Waals surface area contributed by atoms with Crippen LogP contribution in [0.4, 0.5) is 24.5 Å². The maximum atomic E-state index is 12.8. The molecule has 0 atom stereocenters. The molecule has 9 heteroatoms. The minimum absolute atomic E-state index is 0.0141. The third-order valence-corrected chi connectivity index (χ3v) is 5.57. The van der Waals surface area contributed by atoms with Crippen molar-refractivity contribution in [3.8, 4) is 5.75 Å². The van der Waals surface area contributed by atoms with Gasteiger partial charge in [-0.05, 0) is 67.7 Å². The van der Waals surface area contributed by atoms with Crippen molar-refractivity contribution in [3.05, 3.63) is 59.7 Å². The molecule has 1 saturated carbocycles. The maximum absolute atomic E-state index is 12.8. The van der Waals surface area contributed by atoms with Crippen LogP contribution in [0.5, 0.6) is 5.75 Å². The predicted molar refractivity (Wildman–Crippen MR) is 118 cm³/mol. The topological polar surface area (TPSA) is 105 Å². The fourth-order valence-electron chi connectivity index (χ4n) is 3.61. The Morgan fingerprint density at radius 3 is 2.30 bits per heavy atom. The molecular weight excluding hydrogens is 437 g/mol. The average molecular weight is 462 g/mol. The van der Waals surface area contributed by atoms with Gasteiger partial charge in [-0.1, -0.05) is 12.1 Å². The smallest absolute Gasteiger partial charge is 0.391 e. The summed E-state index contributed by atoms with van der Waals surface area (Å²) in [6.07, 6.45) is -1.23. The number of anilines is 2. The van der Waals surface area contributed by atoms with Crippen LogP contribution in [0.2, 0.25) is 0 Å². The zero-order valence-electron chi connectivity index (χ0n) is 17.8. The molecule has 0 aromatic heterocycles. The van der Waals surface area contributed by atoms with Crippen molar-refractivity contribution in [2.75, 3.05) is 11.5 Å². The third kappa shape index (κ3) is 7.00. The minimum Gasteiger partial charge on any atom is -0.458 e. The molecule has 0 spiro atoms. The minimum atomic E-state index is -4.21. The van der Waals surface area contributed by atoms with Crippen molar-refractivity contribution in [1.29, 1.82) is 0 Å². The predicted octanol–water partition coefficient (Wildman–Crippen LogP) is 4.88. The number of hydrogen-bond acceptors (Lipinski definition) is 6. The lowest BCUT2D eigenvalue weighted by Gasteiger charge is -2.28. The summed E-state index contributed by atoms with van der Waals surface area (Å²) >= 11 is 0. The van der Waals surface area contributed by atoms with Gasteiger partial charge in [0.15, 0.2) is 0 Å². The molecule has 33 heavy (non-hydrogen) atoms. The first-order chi connectivity index (χ1) is 15.6. The molecule has 2 aromatic rings. The molecule has 0 bridgehead atoms. The van der Waals surface area contributed by atoms with Crippen LogP contribution < -0.4 is 16.2 Å². The van der Waals surface area contributed by atoms with Crippen LogP contribution >= 0.6 is 0 Å². The average Bonchev–Trinajstić information content (AvgIpc) is 2.78. The van der Waals surface area contributed by atoms with Gasteiger partial charge in [0, 0.05) is 23.0 Å². The summed E-state index contributed by atoms with van der Waals surface area (Å²) in [5.74, 6) is -2.69. The lowest BCUT2D eigenvalue weighted by Crippen LogP contribution is -2.31. The van der Waals surface area contributed by atoms with Gasteiger partial charge >= 0.3 is 18.1 Å². The van der Waals surface area contributed by atoms with E-state index >= 15 is 0 Å². The van der Waals surface area contributed by atoms with E-state index in [0.717, 1.165) is 0 Å². The van der Waals surface area contributed by atoms with E-state index in [1.165, 1.54) is 12.2 Å². The molecule has 0 saturated heterocycles. The molecule has 2 aromatic carbocycles. The first-order valence-corrected chi connectivity index (χ1v) is 10.5. The van der Waals surface area contributed by atoms with Gasteiger partial charge in [0.25, 0.3) is 0 Å². The summed E-state index contributed by atoms with van der Waals surface area (Å²) in [5, 5.41) is 0. The van der Waals surface area contributed by atoms with E-state index in [0.29, 0.717) is 22.5 Å². The van der Waals surface area contributed by atoms with Crippen LogP contribution in [0.25, 0.3) is 6.08 Å². The summed E-state index contributed by atoms with van der Waals surface area (Å²) in [4.78, 5) is 24.2. The number of carbonyl (C=O) groups is 2. The van der Waals surface area contributed by atoms with Gasteiger partial charge < -0.3 is 20.9 Å². The van der Waals surface area contributed by atoms with Crippen molar-refractivity contribution < 1.29 is 32.2 Å². The lowest BCUT2D eigenvalue weighted by atomic mass is 9.82. The molecule has 0 aliphatic heterocycles. The zero-order chi connectivity index (χ0) is 24.0. The number of alkyl halides is 3. The molecule has 0 radical (unpaired) electrons. The highest BCUT2D eigenvalue weighted by atomic mass is 19.4. The van der Waals surface area contributed by atoms with Crippen molar-refractivity contribution in [3.63, 3.8) is 0 Å². The van der Waals surface area contributed by atoms with Crippen molar-refractivity contribution in [1.82, 2.24) is 0 Å². The van der Waals surface area contributed by atoms with Crippen LogP contribution in [0.1, 0.15) is 36.8 Å². The summed E-state index contributed by atoms with van der Waals surface area (Å²) in [5.41, 5.74) is 13.8. The molecule has 176 valence electrons. The zero-order valence-corrected chi connectivity index (χ0v) is 17.8. The van der Waals surface area contributed by atoms with Crippen LogP contribution in [0.15, 0.2) is 48.5 Å². The number of carbonyl (C=O) groups excluding carboxylic acids is 2. The van der Waals surface area contributed by atoms with Crippen molar-refractivity contribution >= 4 is 29.4 Å². The van der Waals surface area contributed by atoms with Crippen LogP contribution in [0.3, 0.4) is 0 Å². The highest BCUT2D eigenvalue weighted by Gasteiger charge is 2.42. The van der Waals surface area contributed by atoms with E-state index in [1.807, 2.05) is 0 Å². The fraction of sp³-hybridized carbons (Fsp3) is 0.333. The lowest BCUT2D eigenvalue weighted by molar-refractivity contribution is -0.185. The highest BCUT2D eigenvalue weighted by molar-refractivity contribution is 5.87. The Hall–Kier alpha value is -3.49. The van der Waals surface area contributed by atoms with E-state index in [-0.39, 0.29) is 38.0 Å². The Balaban J connectivity index is 1.46. The van der Waals surface area contributed by atoms with Gasteiger partial charge in [0.2, 0.25) is 0 Å². The molecule has 3 rings (SSSR count). The number of rotatable bonds is 6. The van der Waals surface area contributed by atoms with Gasteiger partial charge in [-0.2, -0.15) is 13.2 Å². The Kier molecular flexibility index (Phi) is 7.63. The summed E-state index contributed by atoms with van der Waals surface area (Å²) in [6.45, 7) is -0.0141. The maximum Gasteiger partial charge on any atom is 0.391 e. The number of nitrogens with two attached hydrogens (primary N) is 2. The molecule has 4 N–H and O–H groups in total. The molecule has 0 amide bonds. The van der Waals surface area contributed by atoms with Crippen LogP contribution in [0, 0.1) is 11.8 Å². The summed E-state index contributed by atoms with van der Waals surface area (Å²) in [7, 11) is 0. The largest absolute Gasteiger partial charge is 0.458 e. The summed E-state index contributed by atoms with van der Waals surface area (Å²) < 4.78 is 48.7. The Morgan fingerprint density at radius 2 is 1.67 bits per heavy atom. The van der Waals surface area contributed by atoms with Crippen molar-refractivity contribution in [2.24, 2.45) is 11.8 Å². The molecule has 1 fully saturated rings. The van der Waals surface area contributed by atoms with Gasteiger partial charge in [-0.15, -0.1) is 0 Å².